The first-order valence-corrected chi connectivity index (χ1v) is 6.11. The maximum Gasteiger partial charge on any atom is 0.0954 e. The average molecular weight is 221 g/mol. The molecule has 4 heteroatoms. The topological polar surface area (TPSA) is 53.1 Å². The van der Waals surface area contributed by atoms with Crippen molar-refractivity contribution in [3.8, 4) is 0 Å². The molecule has 0 bridgehead atoms. The van der Waals surface area contributed by atoms with Gasteiger partial charge in [0.05, 0.1) is 18.1 Å². The largest absolute Gasteiger partial charge is 0.381 e. The predicted molar refractivity (Wildman–Crippen MR) is 61.3 cm³/mol. The van der Waals surface area contributed by atoms with E-state index >= 15 is 0 Å². The van der Waals surface area contributed by atoms with Gasteiger partial charge in [-0.3, -0.25) is 0 Å². The number of methoxy groups -OCH3 is 1. The normalized spacial score (nSPS) is 33.2. The van der Waals surface area contributed by atoms with Crippen molar-refractivity contribution in [1.29, 1.82) is 0 Å². The van der Waals surface area contributed by atoms with Crippen molar-refractivity contribution >= 4 is 0 Å². The lowest BCUT2D eigenvalue weighted by Crippen LogP contribution is -2.35. The number of imidazole rings is 1. The number of aromatic nitrogens is 2. The van der Waals surface area contributed by atoms with Crippen LogP contribution in [0.1, 0.15) is 36.7 Å². The Morgan fingerprint density at radius 3 is 3.06 bits per heavy atom. The molecule has 1 unspecified atom stereocenters. The highest BCUT2D eigenvalue weighted by Crippen LogP contribution is 2.36. The molecule has 2 N–H and O–H groups in total. The second kappa shape index (κ2) is 3.86. The summed E-state index contributed by atoms with van der Waals surface area (Å²) in [4.78, 5) is 4.51. The first-order valence-electron chi connectivity index (χ1n) is 6.11. The van der Waals surface area contributed by atoms with Gasteiger partial charge < -0.3 is 15.0 Å². The van der Waals surface area contributed by atoms with E-state index < -0.39 is 0 Å². The Morgan fingerprint density at radius 1 is 1.50 bits per heavy atom. The highest BCUT2D eigenvalue weighted by Gasteiger charge is 2.33. The number of hydrogen-bond acceptors (Lipinski definition) is 3. The van der Waals surface area contributed by atoms with E-state index in [2.05, 4.69) is 9.55 Å². The molecule has 1 heterocycles. The van der Waals surface area contributed by atoms with Crippen LogP contribution in [0.4, 0.5) is 0 Å². The van der Waals surface area contributed by atoms with Crippen molar-refractivity contribution in [1.82, 2.24) is 9.55 Å². The van der Waals surface area contributed by atoms with Crippen molar-refractivity contribution in [2.24, 2.45) is 5.73 Å². The van der Waals surface area contributed by atoms with Gasteiger partial charge in [0.15, 0.2) is 0 Å². The van der Waals surface area contributed by atoms with Crippen molar-refractivity contribution in [2.75, 3.05) is 7.11 Å². The van der Waals surface area contributed by atoms with E-state index in [-0.39, 0.29) is 0 Å². The van der Waals surface area contributed by atoms with Crippen LogP contribution in [0, 0.1) is 0 Å². The SMILES string of the molecule is CO[C@H]1C[C@@H](n2cnc3c2CC(N)CC3)C1. The van der Waals surface area contributed by atoms with Crippen LogP contribution in [0.5, 0.6) is 0 Å². The standard InChI is InChI=1S/C12H19N3O/c1-16-10-5-9(6-10)15-7-14-11-3-2-8(13)4-12(11)15/h7-10H,2-6,13H2,1H3/t8?,9-,10+. The van der Waals surface area contributed by atoms with Crippen LogP contribution in [0.2, 0.25) is 0 Å². The van der Waals surface area contributed by atoms with Gasteiger partial charge in [0.25, 0.3) is 0 Å². The molecule has 0 radical (unpaired) electrons. The molecule has 0 aromatic carbocycles. The Balaban J connectivity index is 1.79. The van der Waals surface area contributed by atoms with Gasteiger partial charge in [-0.05, 0) is 25.7 Å². The molecule has 1 aromatic rings. The monoisotopic (exact) mass is 221 g/mol. The Morgan fingerprint density at radius 2 is 2.31 bits per heavy atom. The van der Waals surface area contributed by atoms with E-state index in [1.54, 1.807) is 7.11 Å². The lowest BCUT2D eigenvalue weighted by molar-refractivity contribution is 0.00529. The molecule has 16 heavy (non-hydrogen) atoms. The minimum Gasteiger partial charge on any atom is -0.381 e. The first kappa shape index (κ1) is 10.3. The lowest BCUT2D eigenvalue weighted by Gasteiger charge is -2.36. The maximum atomic E-state index is 6.02. The lowest BCUT2D eigenvalue weighted by atomic mass is 9.88. The zero-order chi connectivity index (χ0) is 11.1. The minimum atomic E-state index is 0.321. The minimum absolute atomic E-state index is 0.321. The zero-order valence-corrected chi connectivity index (χ0v) is 9.72. The summed E-state index contributed by atoms with van der Waals surface area (Å²) >= 11 is 0. The molecule has 2 aliphatic rings. The molecule has 1 fully saturated rings. The Labute approximate surface area is 95.8 Å². The van der Waals surface area contributed by atoms with Crippen LogP contribution in [0.3, 0.4) is 0 Å². The fourth-order valence-electron chi connectivity index (χ4n) is 2.80. The van der Waals surface area contributed by atoms with Gasteiger partial charge in [-0.1, -0.05) is 0 Å². The van der Waals surface area contributed by atoms with Gasteiger partial charge in [-0.2, -0.15) is 0 Å². The number of nitrogens with zero attached hydrogens (tertiary/aromatic N) is 2. The highest BCUT2D eigenvalue weighted by atomic mass is 16.5. The summed E-state index contributed by atoms with van der Waals surface area (Å²) in [5.41, 5.74) is 8.66. The molecule has 4 nitrogen and oxygen atoms in total. The number of rotatable bonds is 2. The molecule has 0 aliphatic heterocycles. The molecule has 0 spiro atoms. The van der Waals surface area contributed by atoms with Crippen LogP contribution in [0.25, 0.3) is 0 Å². The molecule has 0 amide bonds. The van der Waals surface area contributed by atoms with Gasteiger partial charge in [-0.15, -0.1) is 0 Å². The molecule has 1 aromatic heterocycles. The predicted octanol–water partition coefficient (Wildman–Crippen LogP) is 1.05. The third-order valence-electron chi connectivity index (χ3n) is 3.99. The highest BCUT2D eigenvalue weighted by molar-refractivity contribution is 5.20. The molecular formula is C12H19N3O. The Hall–Kier alpha value is -0.870. The number of ether oxygens (including phenoxy) is 1. The van der Waals surface area contributed by atoms with Crippen molar-refractivity contribution in [3.63, 3.8) is 0 Å². The van der Waals surface area contributed by atoms with Crippen molar-refractivity contribution < 1.29 is 4.74 Å². The van der Waals surface area contributed by atoms with Crippen LogP contribution >= 0.6 is 0 Å². The second-order valence-corrected chi connectivity index (χ2v) is 5.03. The van der Waals surface area contributed by atoms with E-state index in [0.717, 1.165) is 32.1 Å². The first-order chi connectivity index (χ1) is 7.78. The summed E-state index contributed by atoms with van der Waals surface area (Å²) in [6.07, 6.45) is 7.80. The summed E-state index contributed by atoms with van der Waals surface area (Å²) in [7, 11) is 1.79. The zero-order valence-electron chi connectivity index (χ0n) is 9.72. The van der Waals surface area contributed by atoms with Gasteiger partial charge in [0.2, 0.25) is 0 Å². The number of nitrogens with two attached hydrogens (primary N) is 1. The van der Waals surface area contributed by atoms with Crippen LogP contribution in [0.15, 0.2) is 6.33 Å². The molecule has 3 rings (SSSR count). The fourth-order valence-corrected chi connectivity index (χ4v) is 2.80. The van der Waals surface area contributed by atoms with Gasteiger partial charge in [-0.25, -0.2) is 4.98 Å². The van der Waals surface area contributed by atoms with E-state index in [9.17, 15) is 0 Å². The van der Waals surface area contributed by atoms with Crippen molar-refractivity contribution in [3.05, 3.63) is 17.7 Å². The summed E-state index contributed by atoms with van der Waals surface area (Å²) in [5.74, 6) is 0. The number of hydrogen-bond donors (Lipinski definition) is 1. The van der Waals surface area contributed by atoms with Crippen LogP contribution in [-0.2, 0) is 17.6 Å². The number of fused-ring (bicyclic) bond motifs is 1. The van der Waals surface area contributed by atoms with Crippen LogP contribution < -0.4 is 5.73 Å². The number of aryl methyl sites for hydroxylation is 1. The van der Waals surface area contributed by atoms with Gasteiger partial charge in [0.1, 0.15) is 0 Å². The van der Waals surface area contributed by atoms with Gasteiger partial charge in [0, 0.05) is 31.3 Å². The van der Waals surface area contributed by atoms with E-state index in [1.165, 1.54) is 11.4 Å². The average Bonchev–Trinajstić information content (AvgIpc) is 2.60. The molecule has 1 saturated carbocycles. The van der Waals surface area contributed by atoms with E-state index in [4.69, 9.17) is 10.5 Å². The molecular weight excluding hydrogens is 202 g/mol. The molecule has 1 atom stereocenters. The van der Waals surface area contributed by atoms with E-state index in [0.29, 0.717) is 18.2 Å². The fraction of sp³-hybridized carbons (Fsp3) is 0.750. The Kier molecular flexibility index (Phi) is 2.48. The Bertz CT molecular complexity index is 382. The summed E-state index contributed by atoms with van der Waals surface area (Å²) in [5, 5.41) is 0. The summed E-state index contributed by atoms with van der Waals surface area (Å²) in [6.45, 7) is 0. The molecule has 2 aliphatic carbocycles. The van der Waals surface area contributed by atoms with Crippen molar-refractivity contribution in [2.45, 2.75) is 50.3 Å². The smallest absolute Gasteiger partial charge is 0.0954 e. The third-order valence-corrected chi connectivity index (χ3v) is 3.99. The quantitative estimate of drug-likeness (QED) is 0.812. The second-order valence-electron chi connectivity index (χ2n) is 5.03. The van der Waals surface area contributed by atoms with Gasteiger partial charge >= 0.3 is 0 Å². The maximum absolute atomic E-state index is 6.02. The molecule has 88 valence electrons. The molecule has 0 saturated heterocycles. The third kappa shape index (κ3) is 1.57. The van der Waals surface area contributed by atoms with Crippen LogP contribution in [-0.4, -0.2) is 28.8 Å². The summed E-state index contributed by atoms with van der Waals surface area (Å²) < 4.78 is 7.66. The van der Waals surface area contributed by atoms with E-state index in [1.807, 2.05) is 6.33 Å². The summed E-state index contributed by atoms with van der Waals surface area (Å²) in [6, 6.07) is 0.910.